The van der Waals surface area contributed by atoms with E-state index in [1.807, 2.05) is 6.92 Å². The van der Waals surface area contributed by atoms with Crippen molar-refractivity contribution in [1.82, 2.24) is 0 Å². The monoisotopic (exact) mass is 294 g/mol. The highest BCUT2D eigenvalue weighted by Crippen LogP contribution is 2.28. The molecule has 1 aromatic rings. The second kappa shape index (κ2) is 6.48. The molecular weight excluding hydrogens is 277 g/mol. The molecule has 0 aliphatic carbocycles. The fourth-order valence-electron chi connectivity index (χ4n) is 1.93. The van der Waals surface area contributed by atoms with Crippen LogP contribution in [-0.2, 0) is 6.42 Å². The number of nitrogens with two attached hydrogens (primary N) is 1. The van der Waals surface area contributed by atoms with Gasteiger partial charge in [0.1, 0.15) is 6.54 Å². The predicted octanol–water partition coefficient (Wildman–Crippen LogP) is 3.62. The third-order valence-electron chi connectivity index (χ3n) is 2.68. The average Bonchev–Trinajstić information content (AvgIpc) is 2.26. The van der Waals surface area contributed by atoms with Crippen molar-refractivity contribution in [2.45, 2.75) is 32.5 Å². The van der Waals surface area contributed by atoms with Gasteiger partial charge in [0, 0.05) is 23.3 Å². The molecule has 2 N–H and O–H groups in total. The van der Waals surface area contributed by atoms with Gasteiger partial charge in [-0.25, -0.2) is 0 Å². The molecule has 108 valence electrons. The summed E-state index contributed by atoms with van der Waals surface area (Å²) < 4.78 is 37.7. The summed E-state index contributed by atoms with van der Waals surface area (Å²) in [5.74, 6) is 0. The maximum atomic E-state index is 12.6. The van der Waals surface area contributed by atoms with Crippen LogP contribution in [0.2, 0.25) is 5.02 Å². The van der Waals surface area contributed by atoms with Crippen LogP contribution in [-0.4, -0.2) is 25.3 Å². The Balaban J connectivity index is 3.09. The van der Waals surface area contributed by atoms with Crippen LogP contribution in [0.5, 0.6) is 0 Å². The molecule has 19 heavy (non-hydrogen) atoms. The van der Waals surface area contributed by atoms with E-state index in [0.29, 0.717) is 17.1 Å². The van der Waals surface area contributed by atoms with Gasteiger partial charge in [-0.05, 0) is 38.0 Å². The molecule has 0 saturated carbocycles. The Labute approximate surface area is 116 Å². The van der Waals surface area contributed by atoms with Crippen LogP contribution < -0.4 is 10.6 Å². The van der Waals surface area contributed by atoms with E-state index < -0.39 is 12.7 Å². The summed E-state index contributed by atoms with van der Waals surface area (Å²) in [7, 11) is 0. The third kappa shape index (κ3) is 5.28. The normalized spacial score (nSPS) is 13.4. The molecule has 0 aromatic heterocycles. The van der Waals surface area contributed by atoms with Crippen LogP contribution in [0.3, 0.4) is 0 Å². The van der Waals surface area contributed by atoms with Crippen LogP contribution in [0.1, 0.15) is 19.4 Å². The molecule has 0 fully saturated rings. The molecule has 6 heteroatoms. The van der Waals surface area contributed by atoms with Gasteiger partial charge in [0.25, 0.3) is 0 Å². The van der Waals surface area contributed by atoms with Crippen molar-refractivity contribution >= 4 is 17.3 Å². The fourth-order valence-corrected chi connectivity index (χ4v) is 2.10. The summed E-state index contributed by atoms with van der Waals surface area (Å²) in [4.78, 5) is 1.27. The third-order valence-corrected chi connectivity index (χ3v) is 2.92. The van der Waals surface area contributed by atoms with Crippen molar-refractivity contribution in [2.24, 2.45) is 5.73 Å². The Kier molecular flexibility index (Phi) is 5.50. The lowest BCUT2D eigenvalue weighted by Crippen LogP contribution is -2.35. The largest absolute Gasteiger partial charge is 0.405 e. The van der Waals surface area contributed by atoms with Gasteiger partial charge in [-0.15, -0.1) is 0 Å². The van der Waals surface area contributed by atoms with Gasteiger partial charge in [-0.1, -0.05) is 17.7 Å². The number of alkyl halides is 3. The van der Waals surface area contributed by atoms with E-state index in [9.17, 15) is 13.2 Å². The molecule has 1 atom stereocenters. The molecule has 0 saturated heterocycles. The summed E-state index contributed by atoms with van der Waals surface area (Å²) in [5.41, 5.74) is 7.01. The first-order chi connectivity index (χ1) is 8.73. The lowest BCUT2D eigenvalue weighted by Gasteiger charge is -2.27. The first-order valence-electron chi connectivity index (χ1n) is 6.08. The Morgan fingerprint density at radius 3 is 2.47 bits per heavy atom. The number of nitrogens with zero attached hydrogens (tertiary/aromatic N) is 1. The zero-order valence-corrected chi connectivity index (χ0v) is 11.7. The Morgan fingerprint density at radius 1 is 1.37 bits per heavy atom. The van der Waals surface area contributed by atoms with Crippen molar-refractivity contribution in [3.05, 3.63) is 28.8 Å². The number of hydrogen-bond donors (Lipinski definition) is 1. The van der Waals surface area contributed by atoms with Crippen molar-refractivity contribution in [2.75, 3.05) is 18.0 Å². The molecule has 1 unspecified atom stereocenters. The summed E-state index contributed by atoms with van der Waals surface area (Å²) >= 11 is 5.89. The highest BCUT2D eigenvalue weighted by Gasteiger charge is 2.31. The Bertz CT molecular complexity index is 419. The lowest BCUT2D eigenvalue weighted by molar-refractivity contribution is -0.119. The predicted molar refractivity (Wildman–Crippen MR) is 72.7 cm³/mol. The van der Waals surface area contributed by atoms with Gasteiger partial charge in [0.2, 0.25) is 0 Å². The van der Waals surface area contributed by atoms with Crippen LogP contribution in [0, 0.1) is 0 Å². The minimum absolute atomic E-state index is 0.121. The average molecular weight is 295 g/mol. The molecule has 0 bridgehead atoms. The van der Waals surface area contributed by atoms with Crippen LogP contribution in [0.4, 0.5) is 18.9 Å². The summed E-state index contributed by atoms with van der Waals surface area (Å²) in [6, 6.07) is 4.85. The van der Waals surface area contributed by atoms with Crippen LogP contribution in [0.15, 0.2) is 18.2 Å². The molecular formula is C13H18ClF3N2. The molecule has 0 radical (unpaired) electrons. The molecule has 1 aromatic carbocycles. The zero-order valence-electron chi connectivity index (χ0n) is 11.0. The van der Waals surface area contributed by atoms with Crippen LogP contribution >= 0.6 is 11.6 Å². The van der Waals surface area contributed by atoms with E-state index in [1.165, 1.54) is 4.90 Å². The van der Waals surface area contributed by atoms with E-state index in [2.05, 4.69) is 0 Å². The van der Waals surface area contributed by atoms with Gasteiger partial charge in [0.15, 0.2) is 0 Å². The quantitative estimate of drug-likeness (QED) is 0.899. The van der Waals surface area contributed by atoms with E-state index in [-0.39, 0.29) is 12.6 Å². The molecule has 0 heterocycles. The van der Waals surface area contributed by atoms with Gasteiger partial charge in [-0.2, -0.15) is 13.2 Å². The van der Waals surface area contributed by atoms with Gasteiger partial charge < -0.3 is 10.6 Å². The van der Waals surface area contributed by atoms with E-state index in [1.54, 1.807) is 25.1 Å². The van der Waals surface area contributed by atoms with E-state index in [0.717, 1.165) is 5.56 Å². The minimum atomic E-state index is -4.25. The fraction of sp³-hybridized carbons (Fsp3) is 0.538. The highest BCUT2D eigenvalue weighted by atomic mass is 35.5. The second-order valence-corrected chi connectivity index (χ2v) is 5.02. The Morgan fingerprint density at radius 2 is 2.00 bits per heavy atom. The maximum Gasteiger partial charge on any atom is 0.405 e. The number of halogens is 4. The van der Waals surface area contributed by atoms with Crippen molar-refractivity contribution in [1.29, 1.82) is 0 Å². The molecule has 0 spiro atoms. The SMILES string of the molecule is CCN(CC(F)(F)F)c1cc(Cl)ccc1CC(C)N. The summed E-state index contributed by atoms with van der Waals surface area (Å²) in [5, 5.41) is 0.420. The van der Waals surface area contributed by atoms with Crippen LogP contribution in [0.25, 0.3) is 0 Å². The first kappa shape index (κ1) is 16.1. The second-order valence-electron chi connectivity index (χ2n) is 4.58. The van der Waals surface area contributed by atoms with Gasteiger partial charge in [-0.3, -0.25) is 0 Å². The number of benzene rings is 1. The first-order valence-corrected chi connectivity index (χ1v) is 6.46. The lowest BCUT2D eigenvalue weighted by atomic mass is 10.0. The van der Waals surface area contributed by atoms with E-state index >= 15 is 0 Å². The summed E-state index contributed by atoms with van der Waals surface area (Å²) in [6.45, 7) is 2.77. The smallest absolute Gasteiger partial charge is 0.363 e. The molecule has 0 aliphatic heterocycles. The van der Waals surface area contributed by atoms with Gasteiger partial charge >= 0.3 is 6.18 Å². The molecule has 1 rings (SSSR count). The van der Waals surface area contributed by atoms with Crippen molar-refractivity contribution in [3.8, 4) is 0 Å². The topological polar surface area (TPSA) is 29.3 Å². The van der Waals surface area contributed by atoms with E-state index in [4.69, 9.17) is 17.3 Å². The Hall–Kier alpha value is -0.940. The standard InChI is InChI=1S/C13H18ClF3N2/c1-3-19(8-13(15,16)17)12-7-11(14)5-4-10(12)6-9(2)18/h4-5,7,9H,3,6,8,18H2,1-2H3. The molecule has 0 aliphatic rings. The van der Waals surface area contributed by atoms with Crippen molar-refractivity contribution in [3.63, 3.8) is 0 Å². The summed E-state index contributed by atoms with van der Waals surface area (Å²) in [6.07, 6.45) is -3.73. The number of anilines is 1. The molecule has 0 amide bonds. The van der Waals surface area contributed by atoms with Gasteiger partial charge in [0.05, 0.1) is 0 Å². The zero-order chi connectivity index (χ0) is 14.6. The highest BCUT2D eigenvalue weighted by molar-refractivity contribution is 6.30. The minimum Gasteiger partial charge on any atom is -0.363 e. The molecule has 2 nitrogen and oxygen atoms in total. The number of rotatable bonds is 5. The number of hydrogen-bond acceptors (Lipinski definition) is 2. The maximum absolute atomic E-state index is 12.6. The van der Waals surface area contributed by atoms with Crippen molar-refractivity contribution < 1.29 is 13.2 Å².